The molecular weight excluding hydrogens is 276 g/mol. The Morgan fingerprint density at radius 1 is 1.32 bits per heavy atom. The highest BCUT2D eigenvalue weighted by Crippen LogP contribution is 2.22. The van der Waals surface area contributed by atoms with Crippen LogP contribution in [0, 0.1) is 5.92 Å². The van der Waals surface area contributed by atoms with Gasteiger partial charge in [-0.05, 0) is 57.5 Å². The quantitative estimate of drug-likeness (QED) is 0.876. The summed E-state index contributed by atoms with van der Waals surface area (Å²) in [7, 11) is 0. The molecule has 0 aliphatic carbocycles. The second-order valence-corrected chi connectivity index (χ2v) is 6.35. The molecule has 0 saturated carbocycles. The number of amides is 1. The molecule has 1 aromatic heterocycles. The predicted octanol–water partition coefficient (Wildman–Crippen LogP) is 1.16. The lowest BCUT2D eigenvalue weighted by Gasteiger charge is -2.39. The first-order chi connectivity index (χ1) is 10.8. The number of nitrogens with zero attached hydrogens (tertiary/aromatic N) is 2. The van der Waals surface area contributed by atoms with Gasteiger partial charge in [-0.15, -0.1) is 0 Å². The van der Waals surface area contributed by atoms with E-state index in [1.54, 1.807) is 6.20 Å². The number of hydrogen-bond donors (Lipinski definition) is 2. The number of carbonyl (C=O) groups is 1. The SMILES string of the molecule is O=C(NCc1ccccn1)[C@@H]1CCCN(C2CCNCC2)C1. The molecule has 5 nitrogen and oxygen atoms in total. The first-order valence-electron chi connectivity index (χ1n) is 8.45. The number of aromatic nitrogens is 1. The molecule has 3 heterocycles. The van der Waals surface area contributed by atoms with E-state index in [1.165, 1.54) is 12.8 Å². The third kappa shape index (κ3) is 4.05. The van der Waals surface area contributed by atoms with E-state index in [-0.39, 0.29) is 11.8 Å². The van der Waals surface area contributed by atoms with Crippen molar-refractivity contribution in [3.8, 4) is 0 Å². The van der Waals surface area contributed by atoms with Crippen molar-refractivity contribution >= 4 is 5.91 Å². The molecule has 2 saturated heterocycles. The van der Waals surface area contributed by atoms with Crippen molar-refractivity contribution in [3.63, 3.8) is 0 Å². The first kappa shape index (κ1) is 15.4. The Hall–Kier alpha value is -1.46. The van der Waals surface area contributed by atoms with E-state index >= 15 is 0 Å². The minimum Gasteiger partial charge on any atom is -0.350 e. The van der Waals surface area contributed by atoms with Crippen molar-refractivity contribution in [1.29, 1.82) is 0 Å². The maximum Gasteiger partial charge on any atom is 0.224 e. The maximum absolute atomic E-state index is 12.4. The van der Waals surface area contributed by atoms with Gasteiger partial charge < -0.3 is 10.6 Å². The Balaban J connectivity index is 1.49. The van der Waals surface area contributed by atoms with Gasteiger partial charge >= 0.3 is 0 Å². The minimum atomic E-state index is 0.132. The monoisotopic (exact) mass is 302 g/mol. The largest absolute Gasteiger partial charge is 0.350 e. The number of nitrogens with one attached hydrogen (secondary N) is 2. The van der Waals surface area contributed by atoms with Crippen LogP contribution < -0.4 is 10.6 Å². The fraction of sp³-hybridized carbons (Fsp3) is 0.647. The number of piperidine rings is 2. The Kier molecular flexibility index (Phi) is 5.40. The molecular formula is C17H26N4O. The molecule has 0 radical (unpaired) electrons. The minimum absolute atomic E-state index is 0.132. The Bertz CT molecular complexity index is 473. The molecule has 2 N–H and O–H groups in total. The van der Waals surface area contributed by atoms with Gasteiger partial charge in [0, 0.05) is 18.8 Å². The molecule has 0 bridgehead atoms. The molecule has 2 aliphatic heterocycles. The summed E-state index contributed by atoms with van der Waals surface area (Å²) in [4.78, 5) is 19.2. The van der Waals surface area contributed by atoms with E-state index in [0.717, 1.165) is 44.7 Å². The lowest BCUT2D eigenvalue weighted by molar-refractivity contribution is -0.127. The number of rotatable bonds is 4. The average Bonchev–Trinajstić information content (AvgIpc) is 2.61. The van der Waals surface area contributed by atoms with E-state index in [4.69, 9.17) is 0 Å². The normalized spacial score (nSPS) is 24.1. The van der Waals surface area contributed by atoms with Gasteiger partial charge in [-0.2, -0.15) is 0 Å². The summed E-state index contributed by atoms with van der Waals surface area (Å²) in [6.45, 7) is 4.81. The molecule has 0 unspecified atom stereocenters. The van der Waals surface area contributed by atoms with Crippen molar-refractivity contribution in [2.75, 3.05) is 26.2 Å². The van der Waals surface area contributed by atoms with Gasteiger partial charge in [0.25, 0.3) is 0 Å². The third-order valence-corrected chi connectivity index (χ3v) is 4.82. The van der Waals surface area contributed by atoms with Crippen LogP contribution in [0.1, 0.15) is 31.4 Å². The van der Waals surface area contributed by atoms with Gasteiger partial charge in [0.05, 0.1) is 18.2 Å². The Morgan fingerprint density at radius 3 is 2.95 bits per heavy atom. The fourth-order valence-electron chi connectivity index (χ4n) is 3.55. The van der Waals surface area contributed by atoms with Crippen LogP contribution in [0.4, 0.5) is 0 Å². The van der Waals surface area contributed by atoms with Gasteiger partial charge in [-0.3, -0.25) is 14.7 Å². The van der Waals surface area contributed by atoms with Crippen LogP contribution in [-0.4, -0.2) is 48.0 Å². The molecule has 2 fully saturated rings. The van der Waals surface area contributed by atoms with Gasteiger partial charge in [0.15, 0.2) is 0 Å². The van der Waals surface area contributed by atoms with E-state index in [2.05, 4.69) is 20.5 Å². The molecule has 1 aromatic rings. The van der Waals surface area contributed by atoms with Gasteiger partial charge in [-0.25, -0.2) is 0 Å². The molecule has 1 amide bonds. The molecule has 120 valence electrons. The molecule has 3 rings (SSSR count). The zero-order valence-electron chi connectivity index (χ0n) is 13.1. The molecule has 0 aromatic carbocycles. The first-order valence-corrected chi connectivity index (χ1v) is 8.45. The lowest BCUT2D eigenvalue weighted by Crippen LogP contribution is -2.50. The van der Waals surface area contributed by atoms with Crippen molar-refractivity contribution in [3.05, 3.63) is 30.1 Å². The zero-order valence-corrected chi connectivity index (χ0v) is 13.1. The van der Waals surface area contributed by atoms with Gasteiger partial charge in [0.2, 0.25) is 5.91 Å². The van der Waals surface area contributed by atoms with Crippen LogP contribution in [0.25, 0.3) is 0 Å². The van der Waals surface area contributed by atoms with Crippen molar-refractivity contribution < 1.29 is 4.79 Å². The van der Waals surface area contributed by atoms with Crippen molar-refractivity contribution in [2.45, 2.75) is 38.3 Å². The summed E-state index contributed by atoms with van der Waals surface area (Å²) in [5.41, 5.74) is 0.918. The van der Waals surface area contributed by atoms with Crippen LogP contribution in [0.15, 0.2) is 24.4 Å². The Morgan fingerprint density at radius 2 is 2.18 bits per heavy atom. The number of carbonyl (C=O) groups excluding carboxylic acids is 1. The van der Waals surface area contributed by atoms with Crippen LogP contribution in [0.2, 0.25) is 0 Å². The average molecular weight is 302 g/mol. The molecule has 2 aliphatic rings. The molecule has 5 heteroatoms. The smallest absolute Gasteiger partial charge is 0.224 e. The molecule has 0 spiro atoms. The maximum atomic E-state index is 12.4. The van der Waals surface area contributed by atoms with E-state index in [9.17, 15) is 4.79 Å². The standard InChI is InChI=1S/C17H26N4O/c22-17(20-12-15-5-1-2-8-19-15)14-4-3-11-21(13-14)16-6-9-18-10-7-16/h1-2,5,8,14,16,18H,3-4,6-7,9-13H2,(H,20,22)/t14-/m1/s1. The summed E-state index contributed by atoms with van der Waals surface area (Å²) in [5.74, 6) is 0.316. The van der Waals surface area contributed by atoms with E-state index in [0.29, 0.717) is 12.6 Å². The highest BCUT2D eigenvalue weighted by atomic mass is 16.1. The lowest BCUT2D eigenvalue weighted by atomic mass is 9.93. The van der Waals surface area contributed by atoms with Crippen molar-refractivity contribution in [2.24, 2.45) is 5.92 Å². The zero-order chi connectivity index (χ0) is 15.2. The summed E-state index contributed by atoms with van der Waals surface area (Å²) in [5, 5.41) is 6.47. The van der Waals surface area contributed by atoms with Crippen LogP contribution in [0.5, 0.6) is 0 Å². The molecule has 1 atom stereocenters. The van der Waals surface area contributed by atoms with Crippen LogP contribution in [-0.2, 0) is 11.3 Å². The van der Waals surface area contributed by atoms with E-state index in [1.807, 2.05) is 18.2 Å². The fourth-order valence-corrected chi connectivity index (χ4v) is 3.55. The summed E-state index contributed by atoms with van der Waals surface area (Å²) in [6.07, 6.45) is 6.33. The summed E-state index contributed by atoms with van der Waals surface area (Å²) in [6, 6.07) is 6.45. The Labute approximate surface area is 132 Å². The number of likely N-dealkylation sites (tertiary alicyclic amines) is 1. The second kappa shape index (κ2) is 7.70. The van der Waals surface area contributed by atoms with Crippen LogP contribution >= 0.6 is 0 Å². The number of hydrogen-bond acceptors (Lipinski definition) is 4. The summed E-state index contributed by atoms with van der Waals surface area (Å²) < 4.78 is 0. The highest BCUT2D eigenvalue weighted by Gasteiger charge is 2.30. The van der Waals surface area contributed by atoms with Crippen LogP contribution in [0.3, 0.4) is 0 Å². The van der Waals surface area contributed by atoms with Gasteiger partial charge in [0.1, 0.15) is 0 Å². The summed E-state index contributed by atoms with van der Waals surface area (Å²) >= 11 is 0. The molecule has 22 heavy (non-hydrogen) atoms. The number of pyridine rings is 1. The van der Waals surface area contributed by atoms with Crippen molar-refractivity contribution in [1.82, 2.24) is 20.5 Å². The third-order valence-electron chi connectivity index (χ3n) is 4.82. The topological polar surface area (TPSA) is 57.3 Å². The van der Waals surface area contributed by atoms with Gasteiger partial charge in [-0.1, -0.05) is 6.07 Å². The van der Waals surface area contributed by atoms with E-state index < -0.39 is 0 Å². The predicted molar refractivity (Wildman–Crippen MR) is 86.3 cm³/mol. The second-order valence-electron chi connectivity index (χ2n) is 6.35. The highest BCUT2D eigenvalue weighted by molar-refractivity contribution is 5.78.